The minimum Gasteiger partial charge on any atom is -0.493 e. The van der Waals surface area contributed by atoms with Gasteiger partial charge in [-0.15, -0.1) is 0 Å². The first-order chi connectivity index (χ1) is 15.0. The molecule has 0 radical (unpaired) electrons. The van der Waals surface area contributed by atoms with Crippen LogP contribution in [0.3, 0.4) is 0 Å². The van der Waals surface area contributed by atoms with Crippen LogP contribution in [0.1, 0.15) is 27.2 Å². The summed E-state index contributed by atoms with van der Waals surface area (Å²) in [6.07, 6.45) is 1.40. The summed E-state index contributed by atoms with van der Waals surface area (Å²) in [7, 11) is 3.01. The fourth-order valence-electron chi connectivity index (χ4n) is 2.92. The molecule has 0 fully saturated rings. The molecular formula is C22H19N5O4. The number of nitrogens with one attached hydrogen (secondary N) is 1. The standard InChI is InChI=1S/C22H19N5O4/c1-14-17(12-23)22(29)27(16-9-5-4-6-10-16)26-19(14)21(28)25-24-13-15-8-7-11-18(30-2)20(15)31-3/h4-11,13H,1-3H3,(H,25,28)/b24-13-. The number of carbonyl (C=O) groups excluding carboxylic acids is 1. The van der Waals surface area contributed by atoms with E-state index in [1.54, 1.807) is 48.5 Å². The molecule has 0 atom stereocenters. The minimum atomic E-state index is -0.670. The zero-order valence-electron chi connectivity index (χ0n) is 17.1. The van der Waals surface area contributed by atoms with E-state index < -0.39 is 11.5 Å². The van der Waals surface area contributed by atoms with Gasteiger partial charge < -0.3 is 9.47 Å². The monoisotopic (exact) mass is 417 g/mol. The average molecular weight is 417 g/mol. The van der Waals surface area contributed by atoms with Gasteiger partial charge in [-0.2, -0.15) is 20.1 Å². The zero-order valence-corrected chi connectivity index (χ0v) is 17.1. The molecule has 0 aliphatic carbocycles. The Morgan fingerprint density at radius 2 is 1.90 bits per heavy atom. The van der Waals surface area contributed by atoms with Gasteiger partial charge in [0.1, 0.15) is 11.6 Å². The molecule has 0 aliphatic heterocycles. The second-order valence-corrected chi connectivity index (χ2v) is 6.29. The smallest absolute Gasteiger partial charge is 0.292 e. The van der Waals surface area contributed by atoms with E-state index in [2.05, 4.69) is 15.6 Å². The van der Waals surface area contributed by atoms with E-state index in [1.165, 1.54) is 27.4 Å². The maximum Gasteiger partial charge on any atom is 0.292 e. The van der Waals surface area contributed by atoms with Gasteiger partial charge in [-0.1, -0.05) is 24.3 Å². The minimum absolute atomic E-state index is 0.0882. The first-order valence-electron chi connectivity index (χ1n) is 9.15. The van der Waals surface area contributed by atoms with E-state index in [1.807, 2.05) is 6.07 Å². The van der Waals surface area contributed by atoms with Crippen molar-refractivity contribution in [3.05, 3.63) is 81.3 Å². The quantitative estimate of drug-likeness (QED) is 0.485. The summed E-state index contributed by atoms with van der Waals surface area (Å²) in [5.74, 6) is 0.308. The molecule has 1 amide bonds. The Balaban J connectivity index is 1.95. The number of hydrogen-bond acceptors (Lipinski definition) is 7. The van der Waals surface area contributed by atoms with Crippen molar-refractivity contribution >= 4 is 12.1 Å². The van der Waals surface area contributed by atoms with Crippen LogP contribution in [0.4, 0.5) is 0 Å². The Hall–Kier alpha value is -4.45. The summed E-state index contributed by atoms with van der Waals surface area (Å²) in [5.41, 5.74) is 2.70. The highest BCUT2D eigenvalue weighted by Gasteiger charge is 2.20. The maximum atomic E-state index is 12.7. The van der Waals surface area contributed by atoms with Gasteiger partial charge >= 0.3 is 0 Å². The number of ether oxygens (including phenoxy) is 2. The molecule has 1 aromatic heterocycles. The largest absolute Gasteiger partial charge is 0.493 e. The lowest BCUT2D eigenvalue weighted by atomic mass is 10.1. The molecule has 156 valence electrons. The number of methoxy groups -OCH3 is 2. The first-order valence-corrected chi connectivity index (χ1v) is 9.15. The van der Waals surface area contributed by atoms with Crippen LogP contribution in [-0.4, -0.2) is 36.1 Å². The van der Waals surface area contributed by atoms with Gasteiger partial charge in [0.25, 0.3) is 11.5 Å². The van der Waals surface area contributed by atoms with Crippen LogP contribution in [0.2, 0.25) is 0 Å². The van der Waals surface area contributed by atoms with Crippen LogP contribution in [-0.2, 0) is 0 Å². The molecular weight excluding hydrogens is 398 g/mol. The molecule has 2 aromatic carbocycles. The van der Waals surface area contributed by atoms with E-state index in [9.17, 15) is 14.9 Å². The molecule has 9 nitrogen and oxygen atoms in total. The number of para-hydroxylation sites is 2. The van der Waals surface area contributed by atoms with E-state index >= 15 is 0 Å². The van der Waals surface area contributed by atoms with Crippen molar-refractivity contribution in [3.8, 4) is 23.3 Å². The first kappa shape index (κ1) is 21.3. The molecule has 1 heterocycles. The van der Waals surface area contributed by atoms with Crippen molar-refractivity contribution in [1.29, 1.82) is 5.26 Å². The molecule has 0 unspecified atom stereocenters. The molecule has 0 aliphatic rings. The highest BCUT2D eigenvalue weighted by molar-refractivity contribution is 5.95. The predicted molar refractivity (Wildman–Crippen MR) is 114 cm³/mol. The topological polar surface area (TPSA) is 119 Å². The van der Waals surface area contributed by atoms with Gasteiger partial charge in [0.15, 0.2) is 17.2 Å². The lowest BCUT2D eigenvalue weighted by molar-refractivity contribution is 0.0947. The van der Waals surface area contributed by atoms with Crippen LogP contribution in [0, 0.1) is 18.3 Å². The molecule has 1 N–H and O–H groups in total. The van der Waals surface area contributed by atoms with Crippen LogP contribution in [0.5, 0.6) is 11.5 Å². The van der Waals surface area contributed by atoms with Crippen LogP contribution in [0.15, 0.2) is 58.4 Å². The average Bonchev–Trinajstić information content (AvgIpc) is 2.79. The molecule has 0 saturated heterocycles. The van der Waals surface area contributed by atoms with Gasteiger partial charge in [-0.05, 0) is 31.2 Å². The normalized spacial score (nSPS) is 10.5. The SMILES string of the molecule is COc1cccc(/C=N\NC(=O)c2nn(-c3ccccc3)c(=O)c(C#N)c2C)c1OC. The number of rotatable bonds is 6. The van der Waals surface area contributed by atoms with Crippen molar-refractivity contribution in [2.24, 2.45) is 5.10 Å². The zero-order chi connectivity index (χ0) is 22.4. The molecule has 0 spiro atoms. The van der Waals surface area contributed by atoms with E-state index in [-0.39, 0.29) is 16.8 Å². The number of hydrogen-bond donors (Lipinski definition) is 1. The van der Waals surface area contributed by atoms with Gasteiger partial charge in [0, 0.05) is 11.1 Å². The fraction of sp³-hybridized carbons (Fsp3) is 0.136. The van der Waals surface area contributed by atoms with E-state index in [0.29, 0.717) is 22.7 Å². The Morgan fingerprint density at radius 1 is 1.16 bits per heavy atom. The van der Waals surface area contributed by atoms with Crippen molar-refractivity contribution in [1.82, 2.24) is 15.2 Å². The van der Waals surface area contributed by atoms with Crippen molar-refractivity contribution in [3.63, 3.8) is 0 Å². The van der Waals surface area contributed by atoms with Crippen LogP contribution < -0.4 is 20.5 Å². The number of hydrazone groups is 1. The lowest BCUT2D eigenvalue weighted by Gasteiger charge is -2.11. The summed E-state index contributed by atoms with van der Waals surface area (Å²) in [6.45, 7) is 1.49. The summed E-state index contributed by atoms with van der Waals surface area (Å²) in [6, 6.07) is 15.6. The Labute approximate surface area is 178 Å². The highest BCUT2D eigenvalue weighted by Crippen LogP contribution is 2.29. The number of nitrogens with zero attached hydrogens (tertiary/aromatic N) is 4. The Kier molecular flexibility index (Phi) is 6.42. The molecule has 31 heavy (non-hydrogen) atoms. The van der Waals surface area contributed by atoms with Crippen molar-refractivity contribution in [2.75, 3.05) is 14.2 Å². The van der Waals surface area contributed by atoms with E-state index in [4.69, 9.17) is 9.47 Å². The molecule has 3 aromatic rings. The Bertz CT molecular complexity index is 1240. The van der Waals surface area contributed by atoms with Gasteiger partial charge in [0.2, 0.25) is 0 Å². The fourth-order valence-corrected chi connectivity index (χ4v) is 2.92. The lowest BCUT2D eigenvalue weighted by Crippen LogP contribution is -2.31. The molecule has 0 bridgehead atoms. The third-order valence-corrected chi connectivity index (χ3v) is 4.47. The number of carbonyl (C=O) groups is 1. The molecule has 3 rings (SSSR count). The maximum absolute atomic E-state index is 12.7. The van der Waals surface area contributed by atoms with Crippen LogP contribution in [0.25, 0.3) is 5.69 Å². The van der Waals surface area contributed by atoms with Gasteiger partial charge in [-0.25, -0.2) is 5.43 Å². The second-order valence-electron chi connectivity index (χ2n) is 6.29. The summed E-state index contributed by atoms with van der Waals surface area (Å²) >= 11 is 0. The number of nitriles is 1. The summed E-state index contributed by atoms with van der Waals surface area (Å²) < 4.78 is 11.6. The number of aromatic nitrogens is 2. The van der Waals surface area contributed by atoms with Gasteiger partial charge in [-0.3, -0.25) is 9.59 Å². The third kappa shape index (κ3) is 4.28. The second kappa shape index (κ2) is 9.37. The summed E-state index contributed by atoms with van der Waals surface area (Å²) in [4.78, 5) is 25.3. The van der Waals surface area contributed by atoms with Crippen molar-refractivity contribution in [2.45, 2.75) is 6.92 Å². The predicted octanol–water partition coefficient (Wildman–Crippen LogP) is 2.19. The van der Waals surface area contributed by atoms with Crippen LogP contribution >= 0.6 is 0 Å². The third-order valence-electron chi connectivity index (χ3n) is 4.47. The number of benzene rings is 2. The van der Waals surface area contributed by atoms with Crippen molar-refractivity contribution < 1.29 is 14.3 Å². The number of amides is 1. The summed E-state index contributed by atoms with van der Waals surface area (Å²) in [5, 5.41) is 17.5. The molecule has 9 heteroatoms. The van der Waals surface area contributed by atoms with E-state index in [0.717, 1.165) is 4.68 Å². The Morgan fingerprint density at radius 3 is 2.55 bits per heavy atom. The van der Waals surface area contributed by atoms with Gasteiger partial charge in [0.05, 0.1) is 26.1 Å². The highest BCUT2D eigenvalue weighted by atomic mass is 16.5. The molecule has 0 saturated carbocycles.